The molecule has 0 aromatic heterocycles. The highest BCUT2D eigenvalue weighted by Crippen LogP contribution is 2.13. The largest absolute Gasteiger partial charge is 0.395 e. The zero-order chi connectivity index (χ0) is 22.2. The molecule has 1 aromatic rings. The van der Waals surface area contributed by atoms with Gasteiger partial charge in [-0.25, -0.2) is 0 Å². The van der Waals surface area contributed by atoms with E-state index in [1.54, 1.807) is 26.8 Å². The van der Waals surface area contributed by atoms with E-state index in [-0.39, 0.29) is 49.9 Å². The van der Waals surface area contributed by atoms with Gasteiger partial charge in [-0.3, -0.25) is 19.2 Å². The van der Waals surface area contributed by atoms with E-state index in [1.165, 1.54) is 0 Å². The third-order valence-electron chi connectivity index (χ3n) is 5.63. The molecule has 0 aliphatic carbocycles. The number of aliphatic hydroxyl groups is 1. The SMILES string of the molecule is O=C(CN1CCCC1=O)Nc1ccc(CCN(CCO)C(=O)CN2CCCC2=O)cc1. The summed E-state index contributed by atoms with van der Waals surface area (Å²) in [6, 6.07) is 7.34. The number of hydrogen-bond donors (Lipinski definition) is 2. The van der Waals surface area contributed by atoms with Crippen LogP contribution in [0.2, 0.25) is 0 Å². The first-order chi connectivity index (χ1) is 15.0. The molecule has 0 atom stereocenters. The molecule has 9 heteroatoms. The predicted octanol–water partition coefficient (Wildman–Crippen LogP) is 0.233. The highest BCUT2D eigenvalue weighted by atomic mass is 16.3. The molecule has 0 bridgehead atoms. The molecule has 2 N–H and O–H groups in total. The fourth-order valence-corrected chi connectivity index (χ4v) is 3.88. The van der Waals surface area contributed by atoms with Crippen molar-refractivity contribution in [2.24, 2.45) is 0 Å². The monoisotopic (exact) mass is 430 g/mol. The Bertz CT molecular complexity index is 811. The van der Waals surface area contributed by atoms with Crippen LogP contribution in [0.25, 0.3) is 0 Å². The van der Waals surface area contributed by atoms with Crippen LogP contribution >= 0.6 is 0 Å². The predicted molar refractivity (Wildman–Crippen MR) is 114 cm³/mol. The number of likely N-dealkylation sites (tertiary alicyclic amines) is 2. The normalized spacial score (nSPS) is 16.2. The Morgan fingerprint density at radius 3 is 2.10 bits per heavy atom. The zero-order valence-electron chi connectivity index (χ0n) is 17.7. The van der Waals surface area contributed by atoms with Crippen molar-refractivity contribution < 1.29 is 24.3 Å². The van der Waals surface area contributed by atoms with Gasteiger partial charge < -0.3 is 25.1 Å². The lowest BCUT2D eigenvalue weighted by Crippen LogP contribution is -2.43. The number of nitrogens with zero attached hydrogens (tertiary/aromatic N) is 3. The first-order valence-corrected chi connectivity index (χ1v) is 10.8. The molecule has 2 heterocycles. The maximum absolute atomic E-state index is 12.5. The lowest BCUT2D eigenvalue weighted by Gasteiger charge is -2.25. The number of rotatable bonds is 10. The van der Waals surface area contributed by atoms with Gasteiger partial charge in [0.25, 0.3) is 0 Å². The minimum absolute atomic E-state index is 0.00373. The van der Waals surface area contributed by atoms with Crippen molar-refractivity contribution in [1.82, 2.24) is 14.7 Å². The first kappa shape index (κ1) is 22.7. The molecule has 0 saturated carbocycles. The van der Waals surface area contributed by atoms with Crippen molar-refractivity contribution in [3.05, 3.63) is 29.8 Å². The van der Waals surface area contributed by atoms with Gasteiger partial charge in [0.2, 0.25) is 23.6 Å². The fourth-order valence-electron chi connectivity index (χ4n) is 3.88. The molecule has 0 unspecified atom stereocenters. The number of aliphatic hydroxyl groups excluding tert-OH is 1. The Morgan fingerprint density at radius 1 is 0.935 bits per heavy atom. The van der Waals surface area contributed by atoms with Crippen molar-refractivity contribution in [1.29, 1.82) is 0 Å². The van der Waals surface area contributed by atoms with E-state index < -0.39 is 0 Å². The van der Waals surface area contributed by atoms with Gasteiger partial charge in [0.1, 0.15) is 0 Å². The number of nitrogens with one attached hydrogen (secondary N) is 1. The summed E-state index contributed by atoms with van der Waals surface area (Å²) in [5, 5.41) is 12.1. The Labute approximate surface area is 182 Å². The number of benzene rings is 1. The van der Waals surface area contributed by atoms with E-state index in [0.29, 0.717) is 44.6 Å². The van der Waals surface area contributed by atoms with Gasteiger partial charge in [-0.05, 0) is 37.0 Å². The van der Waals surface area contributed by atoms with Gasteiger partial charge in [0, 0.05) is 44.7 Å². The molecular weight excluding hydrogens is 400 g/mol. The second-order valence-electron chi connectivity index (χ2n) is 7.94. The number of carbonyl (C=O) groups excluding carboxylic acids is 4. The minimum Gasteiger partial charge on any atom is -0.395 e. The molecule has 3 rings (SSSR count). The summed E-state index contributed by atoms with van der Waals surface area (Å²) in [6.45, 7) is 1.89. The van der Waals surface area contributed by atoms with E-state index >= 15 is 0 Å². The van der Waals surface area contributed by atoms with E-state index in [2.05, 4.69) is 5.32 Å². The molecule has 9 nitrogen and oxygen atoms in total. The third kappa shape index (κ3) is 6.52. The topological polar surface area (TPSA) is 110 Å². The summed E-state index contributed by atoms with van der Waals surface area (Å²) >= 11 is 0. The summed E-state index contributed by atoms with van der Waals surface area (Å²) in [6.07, 6.45) is 3.17. The van der Waals surface area contributed by atoms with Gasteiger partial charge in [-0.1, -0.05) is 12.1 Å². The van der Waals surface area contributed by atoms with Gasteiger partial charge in [-0.15, -0.1) is 0 Å². The van der Waals surface area contributed by atoms with Gasteiger partial charge in [0.05, 0.1) is 19.7 Å². The Hall–Kier alpha value is -2.94. The third-order valence-corrected chi connectivity index (χ3v) is 5.63. The summed E-state index contributed by atoms with van der Waals surface area (Å²) in [7, 11) is 0. The fraction of sp³-hybridized carbons (Fsp3) is 0.545. The second-order valence-corrected chi connectivity index (χ2v) is 7.94. The van der Waals surface area contributed by atoms with Gasteiger partial charge >= 0.3 is 0 Å². The quantitative estimate of drug-likeness (QED) is 0.552. The first-order valence-electron chi connectivity index (χ1n) is 10.8. The Kier molecular flexibility index (Phi) is 8.00. The van der Waals surface area contributed by atoms with Crippen LogP contribution in [-0.2, 0) is 25.6 Å². The van der Waals surface area contributed by atoms with E-state index in [4.69, 9.17) is 0 Å². The van der Waals surface area contributed by atoms with Crippen LogP contribution in [0.15, 0.2) is 24.3 Å². The van der Waals surface area contributed by atoms with Crippen LogP contribution in [0.1, 0.15) is 31.2 Å². The lowest BCUT2D eigenvalue weighted by atomic mass is 10.1. The number of amides is 4. The van der Waals surface area contributed by atoms with Crippen molar-refractivity contribution >= 4 is 29.3 Å². The van der Waals surface area contributed by atoms with E-state index in [9.17, 15) is 24.3 Å². The Morgan fingerprint density at radius 2 is 1.55 bits per heavy atom. The van der Waals surface area contributed by atoms with Crippen molar-refractivity contribution in [3.63, 3.8) is 0 Å². The smallest absolute Gasteiger partial charge is 0.243 e. The maximum atomic E-state index is 12.5. The zero-order valence-corrected chi connectivity index (χ0v) is 17.7. The van der Waals surface area contributed by atoms with Gasteiger partial charge in [0.15, 0.2) is 0 Å². The van der Waals surface area contributed by atoms with E-state index in [1.807, 2.05) is 12.1 Å². The standard InChI is InChI=1S/C22H30N4O5/c27-14-13-24(22(31)16-26-11-2-4-21(26)30)12-9-17-5-7-18(8-6-17)23-19(28)15-25-10-1-3-20(25)29/h5-8,27H,1-4,9-16H2,(H,23,28). The van der Waals surface area contributed by atoms with Gasteiger partial charge in [-0.2, -0.15) is 0 Å². The maximum Gasteiger partial charge on any atom is 0.243 e. The Balaban J connectivity index is 1.47. The second kappa shape index (κ2) is 10.9. The molecule has 2 fully saturated rings. The number of hydrogen-bond acceptors (Lipinski definition) is 5. The van der Waals surface area contributed by atoms with Crippen molar-refractivity contribution in [2.45, 2.75) is 32.1 Å². The molecule has 4 amide bonds. The number of anilines is 1. The average Bonchev–Trinajstić information content (AvgIpc) is 3.34. The van der Waals surface area contributed by atoms with E-state index in [0.717, 1.165) is 18.4 Å². The van der Waals surface area contributed by atoms with Crippen LogP contribution in [-0.4, -0.2) is 89.3 Å². The average molecular weight is 431 g/mol. The lowest BCUT2D eigenvalue weighted by molar-refractivity contribution is -0.138. The van der Waals surface area contributed by atoms with Crippen LogP contribution in [0.5, 0.6) is 0 Å². The molecule has 2 aliphatic heterocycles. The van der Waals surface area contributed by atoms with Crippen LogP contribution in [0, 0.1) is 0 Å². The number of carbonyl (C=O) groups is 4. The highest BCUT2D eigenvalue weighted by Gasteiger charge is 2.25. The minimum atomic E-state index is -0.223. The van der Waals surface area contributed by atoms with Crippen LogP contribution in [0.3, 0.4) is 0 Å². The van der Waals surface area contributed by atoms with Crippen LogP contribution < -0.4 is 5.32 Å². The molecule has 1 aromatic carbocycles. The van der Waals surface area contributed by atoms with Crippen molar-refractivity contribution in [2.75, 3.05) is 51.2 Å². The molecule has 0 spiro atoms. The summed E-state index contributed by atoms with van der Waals surface area (Å²) in [5.41, 5.74) is 1.64. The molecule has 168 valence electrons. The highest BCUT2D eigenvalue weighted by molar-refractivity contribution is 5.94. The van der Waals surface area contributed by atoms with Crippen LogP contribution in [0.4, 0.5) is 5.69 Å². The molecule has 2 aliphatic rings. The molecule has 31 heavy (non-hydrogen) atoms. The summed E-state index contributed by atoms with van der Waals surface area (Å²) in [5.74, 6) is -0.366. The molecule has 0 radical (unpaired) electrons. The summed E-state index contributed by atoms with van der Waals surface area (Å²) in [4.78, 5) is 52.7. The summed E-state index contributed by atoms with van der Waals surface area (Å²) < 4.78 is 0. The van der Waals surface area contributed by atoms with Crippen molar-refractivity contribution in [3.8, 4) is 0 Å². The molecular formula is C22H30N4O5. The molecule has 2 saturated heterocycles.